The maximum atomic E-state index is 5.06. The van der Waals surface area contributed by atoms with E-state index in [0.29, 0.717) is 11.8 Å². The van der Waals surface area contributed by atoms with Gasteiger partial charge < -0.3 is 4.40 Å². The number of pyridine rings is 2. The predicted molar refractivity (Wildman–Crippen MR) is 146 cm³/mol. The van der Waals surface area contributed by atoms with Crippen LogP contribution in [-0.4, -0.2) is 14.4 Å². The fraction of sp³-hybridized carbons (Fsp3) is 0.375. The molecule has 2 saturated carbocycles. The molecule has 0 radical (unpaired) electrons. The molecule has 35 heavy (non-hydrogen) atoms. The lowest BCUT2D eigenvalue weighted by atomic mass is 9.86. The van der Waals surface area contributed by atoms with Crippen molar-refractivity contribution in [2.24, 2.45) is 0 Å². The predicted octanol–water partition coefficient (Wildman–Crippen LogP) is 8.88. The monoisotopic (exact) mass is 457 g/mol. The summed E-state index contributed by atoms with van der Waals surface area (Å²) >= 11 is 0. The molecular formula is C32H31N3. The van der Waals surface area contributed by atoms with Crippen LogP contribution in [-0.2, 0) is 0 Å². The average molecular weight is 458 g/mol. The van der Waals surface area contributed by atoms with E-state index in [0.717, 1.165) is 0 Å². The summed E-state index contributed by atoms with van der Waals surface area (Å²) in [5.41, 5.74) is 6.37. The van der Waals surface area contributed by atoms with Crippen LogP contribution in [0.15, 0.2) is 54.9 Å². The second-order valence-corrected chi connectivity index (χ2v) is 11.1. The summed E-state index contributed by atoms with van der Waals surface area (Å²) in [7, 11) is 0. The molecule has 4 aromatic heterocycles. The molecule has 2 fully saturated rings. The third-order valence-electron chi connectivity index (χ3n) is 9.14. The Labute approximate surface area is 205 Å². The van der Waals surface area contributed by atoms with Gasteiger partial charge in [-0.2, -0.15) is 0 Å². The molecule has 0 unspecified atom stereocenters. The Morgan fingerprint density at radius 1 is 0.600 bits per heavy atom. The molecule has 174 valence electrons. The minimum Gasteiger partial charge on any atom is -0.305 e. The van der Waals surface area contributed by atoms with Gasteiger partial charge in [0.1, 0.15) is 0 Å². The van der Waals surface area contributed by atoms with Gasteiger partial charge in [-0.3, -0.25) is 9.97 Å². The summed E-state index contributed by atoms with van der Waals surface area (Å²) in [5.74, 6) is 1.22. The normalized spacial score (nSPS) is 18.6. The largest absolute Gasteiger partial charge is 0.305 e. The first-order chi connectivity index (χ1) is 17.4. The second-order valence-electron chi connectivity index (χ2n) is 11.1. The summed E-state index contributed by atoms with van der Waals surface area (Å²) in [6.45, 7) is 0. The highest BCUT2D eigenvalue weighted by Crippen LogP contribution is 2.44. The summed E-state index contributed by atoms with van der Waals surface area (Å²) < 4.78 is 2.46. The summed E-state index contributed by atoms with van der Waals surface area (Å²) in [6, 6.07) is 16.2. The maximum Gasteiger partial charge on any atom is 0.0726 e. The highest BCUT2D eigenvalue weighted by molar-refractivity contribution is 6.31. The molecule has 0 spiro atoms. The summed E-state index contributed by atoms with van der Waals surface area (Å²) in [4.78, 5) is 10.1. The van der Waals surface area contributed by atoms with E-state index >= 15 is 0 Å². The van der Waals surface area contributed by atoms with Crippen molar-refractivity contribution in [3.8, 4) is 0 Å². The number of nitrogens with zero attached hydrogens (tertiary/aromatic N) is 3. The van der Waals surface area contributed by atoms with Crippen LogP contribution in [0, 0.1) is 0 Å². The highest BCUT2D eigenvalue weighted by Gasteiger charge is 2.24. The molecular weight excluding hydrogens is 426 g/mol. The van der Waals surface area contributed by atoms with Gasteiger partial charge in [0.05, 0.1) is 28.9 Å². The minimum atomic E-state index is 0.607. The SMILES string of the molecule is c1ccc2c(c1)cc1c3cc(C4CCCCC4)ncc3n3c4cnc(C5CCCCC5)cc4c2c13. The van der Waals surface area contributed by atoms with Crippen molar-refractivity contribution in [2.75, 3.05) is 0 Å². The Morgan fingerprint density at radius 2 is 1.20 bits per heavy atom. The van der Waals surface area contributed by atoms with E-state index in [1.165, 1.54) is 124 Å². The first-order valence-corrected chi connectivity index (χ1v) is 13.7. The average Bonchev–Trinajstić information content (AvgIpc) is 3.44. The number of fused-ring (bicyclic) bond motifs is 8. The highest BCUT2D eigenvalue weighted by atomic mass is 14.9. The van der Waals surface area contributed by atoms with Crippen LogP contribution >= 0.6 is 0 Å². The van der Waals surface area contributed by atoms with Crippen molar-refractivity contribution in [3.63, 3.8) is 0 Å². The van der Waals surface area contributed by atoms with E-state index in [1.54, 1.807) is 0 Å². The van der Waals surface area contributed by atoms with Crippen LogP contribution in [0.3, 0.4) is 0 Å². The van der Waals surface area contributed by atoms with E-state index in [-0.39, 0.29) is 0 Å². The van der Waals surface area contributed by atoms with E-state index < -0.39 is 0 Å². The van der Waals surface area contributed by atoms with Gasteiger partial charge in [-0.15, -0.1) is 0 Å². The molecule has 0 saturated heterocycles. The summed E-state index contributed by atoms with van der Waals surface area (Å²) in [5, 5.41) is 8.14. The molecule has 0 bridgehead atoms. The molecule has 3 heteroatoms. The second kappa shape index (κ2) is 7.65. The lowest BCUT2D eigenvalue weighted by Crippen LogP contribution is -2.06. The molecule has 0 N–H and O–H groups in total. The number of hydrogen-bond acceptors (Lipinski definition) is 2. The topological polar surface area (TPSA) is 30.2 Å². The standard InChI is InChI=1S/C32H31N3/c1-3-9-20(10-4-1)27-16-24-25-15-22-13-7-8-14-23(22)31-26-17-28(21-11-5-2-6-12-21)34-19-30(26)35(32(25)31)29(24)18-33-27/h7-8,13-21H,1-6,9-12H2. The van der Waals surface area contributed by atoms with E-state index in [9.17, 15) is 0 Å². The molecule has 2 aliphatic carbocycles. The number of benzene rings is 2. The third-order valence-corrected chi connectivity index (χ3v) is 9.14. The van der Waals surface area contributed by atoms with Gasteiger partial charge in [0.25, 0.3) is 0 Å². The van der Waals surface area contributed by atoms with E-state index in [4.69, 9.17) is 9.97 Å². The third kappa shape index (κ3) is 2.90. The van der Waals surface area contributed by atoms with Crippen molar-refractivity contribution in [1.82, 2.24) is 14.4 Å². The zero-order valence-electron chi connectivity index (χ0n) is 20.3. The smallest absolute Gasteiger partial charge is 0.0726 e. The Kier molecular flexibility index (Phi) is 4.38. The van der Waals surface area contributed by atoms with Crippen molar-refractivity contribution in [2.45, 2.75) is 76.0 Å². The van der Waals surface area contributed by atoms with Crippen molar-refractivity contribution >= 4 is 48.9 Å². The molecule has 0 aliphatic heterocycles. The van der Waals surface area contributed by atoms with Crippen LogP contribution in [0.4, 0.5) is 0 Å². The van der Waals surface area contributed by atoms with E-state index in [2.05, 4.69) is 59.3 Å². The maximum absolute atomic E-state index is 5.06. The van der Waals surface area contributed by atoms with Crippen LogP contribution in [0.1, 0.15) is 87.4 Å². The quantitative estimate of drug-likeness (QED) is 0.260. The molecule has 0 atom stereocenters. The van der Waals surface area contributed by atoms with Crippen molar-refractivity contribution < 1.29 is 0 Å². The molecule has 0 amide bonds. The van der Waals surface area contributed by atoms with Gasteiger partial charge in [-0.1, -0.05) is 62.8 Å². The van der Waals surface area contributed by atoms with Gasteiger partial charge >= 0.3 is 0 Å². The minimum absolute atomic E-state index is 0.607. The molecule has 8 rings (SSSR count). The van der Waals surface area contributed by atoms with Crippen molar-refractivity contribution in [1.29, 1.82) is 0 Å². The van der Waals surface area contributed by atoms with Gasteiger partial charge in [-0.25, -0.2) is 0 Å². The van der Waals surface area contributed by atoms with Crippen LogP contribution in [0.2, 0.25) is 0 Å². The number of hydrogen-bond donors (Lipinski definition) is 0. The summed E-state index contributed by atoms with van der Waals surface area (Å²) in [6.07, 6.45) is 17.5. The molecule has 4 heterocycles. The number of rotatable bonds is 2. The lowest BCUT2D eigenvalue weighted by molar-refractivity contribution is 0.437. The fourth-order valence-electron chi connectivity index (χ4n) is 7.36. The molecule has 6 aromatic rings. The zero-order chi connectivity index (χ0) is 22.9. The number of aromatic nitrogens is 3. The lowest BCUT2D eigenvalue weighted by Gasteiger charge is -2.21. The van der Waals surface area contributed by atoms with Crippen LogP contribution < -0.4 is 0 Å². The van der Waals surface area contributed by atoms with Gasteiger partial charge in [0.15, 0.2) is 0 Å². The molecule has 2 aromatic carbocycles. The first kappa shape index (κ1) is 20.0. The van der Waals surface area contributed by atoms with Crippen LogP contribution in [0.5, 0.6) is 0 Å². The van der Waals surface area contributed by atoms with Gasteiger partial charge in [0.2, 0.25) is 0 Å². The van der Waals surface area contributed by atoms with Crippen LogP contribution in [0.25, 0.3) is 48.9 Å². The van der Waals surface area contributed by atoms with Crippen molar-refractivity contribution in [3.05, 3.63) is 66.2 Å². The Hall–Kier alpha value is -3.20. The fourth-order valence-corrected chi connectivity index (χ4v) is 7.36. The van der Waals surface area contributed by atoms with Gasteiger partial charge in [0, 0.05) is 44.8 Å². The Bertz CT molecular complexity index is 1710. The first-order valence-electron chi connectivity index (χ1n) is 13.7. The van der Waals surface area contributed by atoms with E-state index in [1.807, 2.05) is 0 Å². The Morgan fingerprint density at radius 3 is 1.89 bits per heavy atom. The van der Waals surface area contributed by atoms with Gasteiger partial charge in [-0.05, 0) is 54.7 Å². The zero-order valence-corrected chi connectivity index (χ0v) is 20.3. The molecule has 3 nitrogen and oxygen atoms in total. The molecule has 2 aliphatic rings. The Balaban J connectivity index is 1.46.